The van der Waals surface area contributed by atoms with Gasteiger partial charge in [-0.1, -0.05) is 20.8 Å². The van der Waals surface area contributed by atoms with Crippen molar-refractivity contribution in [3.05, 3.63) is 35.8 Å². The second-order valence-electron chi connectivity index (χ2n) is 8.35. The van der Waals surface area contributed by atoms with Crippen LogP contribution in [0.5, 0.6) is 11.5 Å². The van der Waals surface area contributed by atoms with Crippen molar-refractivity contribution < 1.29 is 18.7 Å². The van der Waals surface area contributed by atoms with Crippen LogP contribution in [0.15, 0.2) is 24.4 Å². The number of aromatic nitrogens is 3. The van der Waals surface area contributed by atoms with E-state index in [0.717, 1.165) is 6.42 Å². The number of halogens is 1. The molecule has 2 aromatic heterocycles. The van der Waals surface area contributed by atoms with Gasteiger partial charge in [0.25, 0.3) is 5.91 Å². The molecule has 9 nitrogen and oxygen atoms in total. The zero-order valence-corrected chi connectivity index (χ0v) is 18.6. The maximum Gasteiger partial charge on any atom is 0.256 e. The van der Waals surface area contributed by atoms with E-state index < -0.39 is 5.82 Å². The Bertz CT molecular complexity index is 1160. The standard InChI is InChI=1S/C22H27FN6O3/c1-5-22(2,3)12-25-21(30)13-11-26-29-17(24-4)10-16(28-20(13)29)27-15-7-6-14(23)18-19(15)32-9-8-31-18/h6-7,10-11,24H,5,8-9,12H2,1-4H3,(H,25,30)(H,27,28). The summed E-state index contributed by atoms with van der Waals surface area (Å²) >= 11 is 0. The van der Waals surface area contributed by atoms with Gasteiger partial charge in [0.15, 0.2) is 23.0 Å². The Morgan fingerprint density at radius 2 is 2.00 bits per heavy atom. The highest BCUT2D eigenvalue weighted by molar-refractivity contribution is 6.00. The van der Waals surface area contributed by atoms with E-state index in [2.05, 4.69) is 46.8 Å². The quantitative estimate of drug-likeness (QED) is 0.514. The van der Waals surface area contributed by atoms with Crippen LogP contribution in [0.1, 0.15) is 37.6 Å². The second kappa shape index (κ2) is 8.52. The second-order valence-corrected chi connectivity index (χ2v) is 8.35. The van der Waals surface area contributed by atoms with Crippen molar-refractivity contribution in [1.29, 1.82) is 0 Å². The topological polar surface area (TPSA) is 102 Å². The van der Waals surface area contributed by atoms with Crippen LogP contribution >= 0.6 is 0 Å². The normalized spacial score (nSPS) is 13.2. The minimum atomic E-state index is -0.491. The van der Waals surface area contributed by atoms with Crippen molar-refractivity contribution >= 4 is 28.9 Å². The third-order valence-electron chi connectivity index (χ3n) is 5.56. The molecule has 1 aliphatic heterocycles. The van der Waals surface area contributed by atoms with Gasteiger partial charge < -0.3 is 25.4 Å². The van der Waals surface area contributed by atoms with Crippen LogP contribution in [0.3, 0.4) is 0 Å². The number of carbonyl (C=O) groups excluding carboxylic acids is 1. The minimum absolute atomic E-state index is 0.0152. The van der Waals surface area contributed by atoms with Gasteiger partial charge >= 0.3 is 0 Å². The Morgan fingerprint density at radius 1 is 1.25 bits per heavy atom. The predicted molar refractivity (Wildman–Crippen MR) is 120 cm³/mol. The molecule has 0 radical (unpaired) electrons. The summed E-state index contributed by atoms with van der Waals surface area (Å²) in [6.45, 7) is 7.42. The van der Waals surface area contributed by atoms with Crippen molar-refractivity contribution in [3.8, 4) is 11.5 Å². The van der Waals surface area contributed by atoms with E-state index in [9.17, 15) is 9.18 Å². The van der Waals surface area contributed by atoms with E-state index >= 15 is 0 Å². The van der Waals surface area contributed by atoms with E-state index in [1.807, 2.05) is 0 Å². The molecule has 10 heteroatoms. The summed E-state index contributed by atoms with van der Waals surface area (Å²) < 4.78 is 26.7. The Kier molecular flexibility index (Phi) is 5.77. The first-order valence-corrected chi connectivity index (χ1v) is 10.5. The van der Waals surface area contributed by atoms with Crippen LogP contribution in [-0.4, -0.2) is 47.3 Å². The molecule has 0 atom stereocenters. The molecule has 3 N–H and O–H groups in total. The number of rotatable bonds is 7. The fourth-order valence-electron chi connectivity index (χ4n) is 3.25. The average molecular weight is 442 g/mol. The number of nitrogens with one attached hydrogen (secondary N) is 3. The van der Waals surface area contributed by atoms with Gasteiger partial charge in [0.2, 0.25) is 0 Å². The SMILES string of the molecule is CCC(C)(C)CNC(=O)c1cnn2c(NC)cc(Nc3ccc(F)c4c3OCCO4)nc12. The van der Waals surface area contributed by atoms with E-state index in [-0.39, 0.29) is 29.4 Å². The smallest absolute Gasteiger partial charge is 0.256 e. The van der Waals surface area contributed by atoms with Gasteiger partial charge in [0.05, 0.1) is 11.9 Å². The molecular weight excluding hydrogens is 415 g/mol. The first kappa shape index (κ1) is 21.7. The van der Waals surface area contributed by atoms with E-state index in [1.54, 1.807) is 23.7 Å². The third kappa shape index (κ3) is 4.12. The van der Waals surface area contributed by atoms with Gasteiger partial charge in [0, 0.05) is 19.7 Å². The summed E-state index contributed by atoms with van der Waals surface area (Å²) in [7, 11) is 1.75. The number of hydrogen-bond acceptors (Lipinski definition) is 7. The Hall–Kier alpha value is -3.56. The number of fused-ring (bicyclic) bond motifs is 2. The molecule has 0 bridgehead atoms. The van der Waals surface area contributed by atoms with E-state index in [1.165, 1.54) is 12.3 Å². The van der Waals surface area contributed by atoms with Crippen molar-refractivity contribution in [2.75, 3.05) is 37.4 Å². The fourth-order valence-corrected chi connectivity index (χ4v) is 3.25. The molecule has 0 saturated heterocycles. The molecule has 0 aliphatic carbocycles. The van der Waals surface area contributed by atoms with Crippen LogP contribution in [0.25, 0.3) is 5.65 Å². The van der Waals surface area contributed by atoms with Crippen LogP contribution in [0.2, 0.25) is 0 Å². The van der Waals surface area contributed by atoms with Gasteiger partial charge in [-0.05, 0) is 24.0 Å². The molecule has 3 heterocycles. The highest BCUT2D eigenvalue weighted by Crippen LogP contribution is 2.40. The Balaban J connectivity index is 1.68. The van der Waals surface area contributed by atoms with Crippen molar-refractivity contribution in [1.82, 2.24) is 19.9 Å². The number of nitrogens with zero attached hydrogens (tertiary/aromatic N) is 3. The molecule has 1 aromatic carbocycles. The number of carbonyl (C=O) groups is 1. The zero-order valence-electron chi connectivity index (χ0n) is 18.6. The first-order valence-electron chi connectivity index (χ1n) is 10.5. The van der Waals surface area contributed by atoms with Gasteiger partial charge in [-0.3, -0.25) is 4.79 Å². The summed E-state index contributed by atoms with van der Waals surface area (Å²) in [6, 6.07) is 4.60. The first-order chi connectivity index (χ1) is 15.3. The summed E-state index contributed by atoms with van der Waals surface area (Å²) in [5.74, 6) is 0.682. The molecule has 0 fully saturated rings. The summed E-state index contributed by atoms with van der Waals surface area (Å²) in [5.41, 5.74) is 1.24. The highest BCUT2D eigenvalue weighted by atomic mass is 19.1. The van der Waals surface area contributed by atoms with Crippen molar-refractivity contribution in [3.63, 3.8) is 0 Å². The van der Waals surface area contributed by atoms with Crippen LogP contribution in [0.4, 0.5) is 21.7 Å². The number of amides is 1. The lowest BCUT2D eigenvalue weighted by Crippen LogP contribution is -2.33. The zero-order chi connectivity index (χ0) is 22.9. The maximum absolute atomic E-state index is 14.1. The Labute approximate surface area is 185 Å². The van der Waals surface area contributed by atoms with E-state index in [0.29, 0.717) is 41.7 Å². The molecule has 0 saturated carbocycles. The lowest BCUT2D eigenvalue weighted by molar-refractivity contribution is 0.0937. The average Bonchev–Trinajstić information content (AvgIpc) is 3.23. The molecule has 170 valence electrons. The number of hydrogen-bond donors (Lipinski definition) is 3. The van der Waals surface area contributed by atoms with Crippen LogP contribution < -0.4 is 25.4 Å². The van der Waals surface area contributed by atoms with Crippen LogP contribution in [-0.2, 0) is 0 Å². The molecule has 0 spiro atoms. The molecule has 4 rings (SSSR count). The maximum atomic E-state index is 14.1. The largest absolute Gasteiger partial charge is 0.484 e. The summed E-state index contributed by atoms with van der Waals surface area (Å²) in [5, 5.41) is 13.5. The fraction of sp³-hybridized carbons (Fsp3) is 0.409. The van der Waals surface area contributed by atoms with Crippen molar-refractivity contribution in [2.24, 2.45) is 5.41 Å². The van der Waals surface area contributed by atoms with Crippen molar-refractivity contribution in [2.45, 2.75) is 27.2 Å². The molecular formula is C22H27FN6O3. The summed E-state index contributed by atoms with van der Waals surface area (Å²) in [6.07, 6.45) is 2.43. The highest BCUT2D eigenvalue weighted by Gasteiger charge is 2.23. The van der Waals surface area contributed by atoms with Gasteiger partial charge in [-0.15, -0.1) is 0 Å². The van der Waals surface area contributed by atoms with Gasteiger partial charge in [-0.25, -0.2) is 9.37 Å². The molecule has 1 amide bonds. The minimum Gasteiger partial charge on any atom is -0.484 e. The number of anilines is 3. The monoisotopic (exact) mass is 442 g/mol. The number of benzene rings is 1. The lowest BCUT2D eigenvalue weighted by Gasteiger charge is -2.22. The Morgan fingerprint density at radius 3 is 2.72 bits per heavy atom. The third-order valence-corrected chi connectivity index (χ3v) is 5.56. The van der Waals surface area contributed by atoms with Gasteiger partial charge in [-0.2, -0.15) is 9.61 Å². The van der Waals surface area contributed by atoms with Crippen LogP contribution in [0, 0.1) is 11.2 Å². The molecule has 32 heavy (non-hydrogen) atoms. The summed E-state index contributed by atoms with van der Waals surface area (Å²) in [4.78, 5) is 17.5. The molecule has 3 aromatic rings. The molecule has 0 unspecified atom stereocenters. The number of ether oxygens (including phenoxy) is 2. The van der Waals surface area contributed by atoms with E-state index in [4.69, 9.17) is 9.47 Å². The lowest BCUT2D eigenvalue weighted by atomic mass is 9.90. The predicted octanol–water partition coefficient (Wildman–Crippen LogP) is 3.59. The molecule has 1 aliphatic rings. The van der Waals surface area contributed by atoms with Gasteiger partial charge in [0.1, 0.15) is 30.4 Å².